The van der Waals surface area contributed by atoms with Crippen molar-refractivity contribution in [1.29, 1.82) is 0 Å². The summed E-state index contributed by atoms with van der Waals surface area (Å²) in [6, 6.07) is 0. The van der Waals surface area contributed by atoms with Gasteiger partial charge in [-0.3, -0.25) is 4.99 Å². The minimum absolute atomic E-state index is 0.206. The molecule has 0 atom stereocenters. The molecule has 0 amide bonds. The molecule has 0 aliphatic heterocycles. The van der Waals surface area contributed by atoms with Gasteiger partial charge < -0.3 is 10.6 Å². The standard InChI is InChI=1S/C16H33N3O2S/c1-3-17-16(19-13-8-14-22(2,20)21)18-12-7-6-11-15-9-4-5-10-15/h15H,3-14H2,1-2H3,(H2,17,18,19). The van der Waals surface area contributed by atoms with Crippen LogP contribution in [0.4, 0.5) is 0 Å². The average Bonchev–Trinajstić information content (AvgIpc) is 2.95. The summed E-state index contributed by atoms with van der Waals surface area (Å²) in [7, 11) is -2.88. The fraction of sp³-hybridized carbons (Fsp3) is 0.938. The molecule has 2 N–H and O–H groups in total. The minimum Gasteiger partial charge on any atom is -0.357 e. The van der Waals surface area contributed by atoms with E-state index in [1.54, 1.807) is 0 Å². The number of hydrogen-bond donors (Lipinski definition) is 2. The van der Waals surface area contributed by atoms with Gasteiger partial charge in [0.2, 0.25) is 0 Å². The van der Waals surface area contributed by atoms with Crippen LogP contribution in [0.15, 0.2) is 4.99 Å². The van der Waals surface area contributed by atoms with Gasteiger partial charge in [0.15, 0.2) is 5.96 Å². The molecule has 0 unspecified atom stereocenters. The highest BCUT2D eigenvalue weighted by molar-refractivity contribution is 7.90. The zero-order valence-electron chi connectivity index (χ0n) is 14.2. The molecule has 0 spiro atoms. The number of rotatable bonds is 10. The Morgan fingerprint density at radius 2 is 1.86 bits per heavy atom. The number of hydrogen-bond acceptors (Lipinski definition) is 3. The molecular formula is C16H33N3O2S. The van der Waals surface area contributed by atoms with Crippen molar-refractivity contribution < 1.29 is 8.42 Å². The summed E-state index contributed by atoms with van der Waals surface area (Å²) in [4.78, 5) is 4.42. The van der Waals surface area contributed by atoms with Gasteiger partial charge in [-0.1, -0.05) is 38.5 Å². The molecule has 0 radical (unpaired) electrons. The van der Waals surface area contributed by atoms with E-state index in [2.05, 4.69) is 15.6 Å². The van der Waals surface area contributed by atoms with E-state index in [0.29, 0.717) is 13.0 Å². The van der Waals surface area contributed by atoms with Crippen LogP contribution >= 0.6 is 0 Å². The van der Waals surface area contributed by atoms with Gasteiger partial charge in [0.05, 0.1) is 5.75 Å². The molecule has 1 saturated carbocycles. The van der Waals surface area contributed by atoms with Gasteiger partial charge in [-0.05, 0) is 25.7 Å². The molecule has 1 aliphatic rings. The third-order valence-corrected chi connectivity index (χ3v) is 5.12. The summed E-state index contributed by atoms with van der Waals surface area (Å²) in [6.07, 6.45) is 11.4. The van der Waals surface area contributed by atoms with Crippen molar-refractivity contribution in [3.8, 4) is 0 Å². The Kier molecular flexibility index (Phi) is 9.52. The van der Waals surface area contributed by atoms with E-state index in [-0.39, 0.29) is 5.75 Å². The number of nitrogens with zero attached hydrogens (tertiary/aromatic N) is 1. The van der Waals surface area contributed by atoms with Crippen molar-refractivity contribution in [2.45, 2.75) is 58.3 Å². The van der Waals surface area contributed by atoms with Gasteiger partial charge in [0, 0.05) is 25.9 Å². The molecule has 0 aromatic carbocycles. The number of sulfone groups is 1. The van der Waals surface area contributed by atoms with Crippen molar-refractivity contribution in [3.05, 3.63) is 0 Å². The van der Waals surface area contributed by atoms with Crippen LogP contribution in [0.3, 0.4) is 0 Å². The van der Waals surface area contributed by atoms with Crippen LogP contribution in [0.25, 0.3) is 0 Å². The molecule has 1 rings (SSSR count). The van der Waals surface area contributed by atoms with Gasteiger partial charge in [0.25, 0.3) is 0 Å². The maximum atomic E-state index is 11.1. The minimum atomic E-state index is -2.88. The molecule has 0 heterocycles. The van der Waals surface area contributed by atoms with Crippen LogP contribution in [-0.4, -0.2) is 46.0 Å². The van der Waals surface area contributed by atoms with Crippen molar-refractivity contribution >= 4 is 15.8 Å². The van der Waals surface area contributed by atoms with Gasteiger partial charge in [-0.2, -0.15) is 0 Å². The van der Waals surface area contributed by atoms with Crippen LogP contribution in [-0.2, 0) is 9.84 Å². The van der Waals surface area contributed by atoms with Crippen LogP contribution in [0, 0.1) is 5.92 Å². The quantitative estimate of drug-likeness (QED) is 0.366. The monoisotopic (exact) mass is 331 g/mol. The Labute approximate surface area is 136 Å². The maximum absolute atomic E-state index is 11.1. The number of aliphatic imine (C=N–C) groups is 1. The smallest absolute Gasteiger partial charge is 0.191 e. The fourth-order valence-corrected chi connectivity index (χ4v) is 3.58. The molecule has 0 bridgehead atoms. The fourth-order valence-electron chi connectivity index (χ4n) is 2.92. The molecule has 22 heavy (non-hydrogen) atoms. The molecule has 1 fully saturated rings. The first-order valence-corrected chi connectivity index (χ1v) is 10.8. The van der Waals surface area contributed by atoms with Crippen molar-refractivity contribution in [2.75, 3.05) is 31.6 Å². The second-order valence-electron chi connectivity index (χ2n) is 6.32. The van der Waals surface area contributed by atoms with Crippen LogP contribution < -0.4 is 10.6 Å². The maximum Gasteiger partial charge on any atom is 0.191 e. The highest BCUT2D eigenvalue weighted by atomic mass is 32.2. The summed E-state index contributed by atoms with van der Waals surface area (Å²) in [5.41, 5.74) is 0. The molecule has 5 nitrogen and oxygen atoms in total. The second kappa shape index (κ2) is 10.9. The Hall–Kier alpha value is -0.780. The van der Waals surface area contributed by atoms with E-state index < -0.39 is 9.84 Å². The summed E-state index contributed by atoms with van der Waals surface area (Å²) in [6.45, 7) is 4.34. The Balaban J connectivity index is 2.13. The second-order valence-corrected chi connectivity index (χ2v) is 8.58. The largest absolute Gasteiger partial charge is 0.357 e. The Morgan fingerprint density at radius 1 is 1.14 bits per heavy atom. The van der Waals surface area contributed by atoms with Crippen molar-refractivity contribution in [2.24, 2.45) is 10.9 Å². The molecule has 0 saturated heterocycles. The molecular weight excluding hydrogens is 298 g/mol. The molecule has 0 aromatic heterocycles. The number of guanidine groups is 1. The van der Waals surface area contributed by atoms with Crippen LogP contribution in [0.1, 0.15) is 58.3 Å². The molecule has 1 aliphatic carbocycles. The third-order valence-electron chi connectivity index (χ3n) is 4.09. The van der Waals surface area contributed by atoms with Gasteiger partial charge in [-0.15, -0.1) is 0 Å². The van der Waals surface area contributed by atoms with E-state index in [1.165, 1.54) is 51.2 Å². The molecule has 6 heteroatoms. The predicted octanol–water partition coefficient (Wildman–Crippen LogP) is 2.34. The predicted molar refractivity (Wildman–Crippen MR) is 94.1 cm³/mol. The summed E-state index contributed by atoms with van der Waals surface area (Å²) in [5, 5.41) is 6.53. The van der Waals surface area contributed by atoms with Crippen LogP contribution in [0.5, 0.6) is 0 Å². The van der Waals surface area contributed by atoms with E-state index in [0.717, 1.165) is 25.0 Å². The first-order valence-electron chi connectivity index (χ1n) is 8.71. The Morgan fingerprint density at radius 3 is 2.50 bits per heavy atom. The topological polar surface area (TPSA) is 70.6 Å². The number of unbranched alkanes of at least 4 members (excludes halogenated alkanes) is 1. The van der Waals surface area contributed by atoms with Crippen molar-refractivity contribution in [3.63, 3.8) is 0 Å². The highest BCUT2D eigenvalue weighted by Gasteiger charge is 2.13. The SMILES string of the molecule is CCNC(=NCCCS(C)(=O)=O)NCCCCC1CCCC1. The molecule has 0 aromatic rings. The summed E-state index contributed by atoms with van der Waals surface area (Å²) >= 11 is 0. The zero-order valence-corrected chi connectivity index (χ0v) is 15.1. The van der Waals surface area contributed by atoms with Gasteiger partial charge in [-0.25, -0.2) is 8.42 Å². The zero-order chi connectivity index (χ0) is 16.3. The van der Waals surface area contributed by atoms with E-state index in [9.17, 15) is 8.42 Å². The highest BCUT2D eigenvalue weighted by Crippen LogP contribution is 2.28. The number of nitrogens with one attached hydrogen (secondary N) is 2. The van der Waals surface area contributed by atoms with Gasteiger partial charge >= 0.3 is 0 Å². The lowest BCUT2D eigenvalue weighted by molar-refractivity contribution is 0.472. The van der Waals surface area contributed by atoms with Gasteiger partial charge in [0.1, 0.15) is 9.84 Å². The average molecular weight is 332 g/mol. The van der Waals surface area contributed by atoms with E-state index >= 15 is 0 Å². The first-order chi connectivity index (χ1) is 10.5. The summed E-state index contributed by atoms with van der Waals surface area (Å²) < 4.78 is 22.1. The lowest BCUT2D eigenvalue weighted by Crippen LogP contribution is -2.38. The third kappa shape index (κ3) is 10.0. The Bertz CT molecular complexity index is 415. The van der Waals surface area contributed by atoms with Crippen molar-refractivity contribution in [1.82, 2.24) is 10.6 Å². The van der Waals surface area contributed by atoms with Crippen LogP contribution in [0.2, 0.25) is 0 Å². The van der Waals surface area contributed by atoms with E-state index in [1.807, 2.05) is 6.92 Å². The van der Waals surface area contributed by atoms with E-state index in [4.69, 9.17) is 0 Å². The lowest BCUT2D eigenvalue weighted by atomic mass is 10.0. The first kappa shape index (κ1) is 19.3. The molecule has 130 valence electrons. The normalized spacial score (nSPS) is 16.9. The summed E-state index contributed by atoms with van der Waals surface area (Å²) in [5.74, 6) is 1.98. The lowest BCUT2D eigenvalue weighted by Gasteiger charge is -2.12.